The number of hydrogen-bond acceptors (Lipinski definition) is 8. The molecule has 6 N–H and O–H groups in total. The zero-order valence-corrected chi connectivity index (χ0v) is 36.7. The Kier molecular flexibility index (Phi) is 15.8. The minimum Gasteiger partial charge on any atom is -0.492 e. The van der Waals surface area contributed by atoms with Crippen LogP contribution in [0.4, 0.5) is 39.5 Å². The van der Waals surface area contributed by atoms with Crippen LogP contribution in [0, 0.1) is 34.0 Å². The fraction of sp³-hybridized carbons (Fsp3) is 0.532. The lowest BCUT2D eigenvalue weighted by Crippen LogP contribution is -2.53. The van der Waals surface area contributed by atoms with Crippen molar-refractivity contribution in [1.29, 1.82) is 0 Å². The molecule has 0 aliphatic carbocycles. The minimum atomic E-state index is -5.15. The van der Waals surface area contributed by atoms with E-state index in [1.807, 2.05) is 0 Å². The molecule has 0 spiro atoms. The highest BCUT2D eigenvalue weighted by atomic mass is 19.4. The number of carbonyl (C=O) groups is 4. The Morgan fingerprint density at radius 3 is 1.29 bits per heavy atom. The maximum atomic E-state index is 14.8. The molecule has 3 heterocycles. The molecule has 0 aromatic heterocycles. The Morgan fingerprint density at radius 2 is 0.912 bits per heavy atom. The third kappa shape index (κ3) is 10.7. The van der Waals surface area contributed by atoms with Gasteiger partial charge in [-0.1, -0.05) is 60.7 Å². The summed E-state index contributed by atoms with van der Waals surface area (Å²) >= 11 is 0. The lowest BCUT2D eigenvalue weighted by atomic mass is 9.69. The molecule has 12 nitrogen and oxygen atoms in total. The second-order valence-corrected chi connectivity index (χ2v) is 18.1. The summed E-state index contributed by atoms with van der Waals surface area (Å²) < 4.78 is 138. The number of aliphatic carboxylic acids is 3. The predicted molar refractivity (Wildman–Crippen MR) is 226 cm³/mol. The molecule has 3 aromatic carbocycles. The first-order chi connectivity index (χ1) is 31.9. The highest BCUT2D eigenvalue weighted by Gasteiger charge is 2.67. The molecule has 0 radical (unpaired) electrons. The van der Waals surface area contributed by atoms with Crippen LogP contribution >= 0.6 is 0 Å². The first-order valence-electron chi connectivity index (χ1n) is 22.1. The van der Waals surface area contributed by atoms with Gasteiger partial charge < -0.3 is 40.9 Å². The Bertz CT molecular complexity index is 2280. The number of halogens is 9. The third-order valence-corrected chi connectivity index (χ3v) is 14.0. The summed E-state index contributed by atoms with van der Waals surface area (Å²) in [4.78, 5) is 52.8. The Labute approximate surface area is 385 Å². The molecule has 3 saturated heterocycles. The zero-order chi connectivity index (χ0) is 49.7. The van der Waals surface area contributed by atoms with Crippen molar-refractivity contribution in [3.63, 3.8) is 0 Å². The fourth-order valence-corrected chi connectivity index (χ4v) is 10.2. The minimum absolute atomic E-state index is 0.00457. The van der Waals surface area contributed by atoms with Crippen LogP contribution < -0.4 is 20.7 Å². The van der Waals surface area contributed by atoms with Crippen molar-refractivity contribution in [1.82, 2.24) is 20.9 Å². The second kappa shape index (κ2) is 20.7. The van der Waals surface area contributed by atoms with Crippen molar-refractivity contribution in [2.45, 2.75) is 70.0 Å². The average Bonchev–Trinajstić information content (AvgIpc) is 4.08. The lowest BCUT2D eigenvalue weighted by molar-refractivity contribution is -0.246. The molecule has 68 heavy (non-hydrogen) atoms. The summed E-state index contributed by atoms with van der Waals surface area (Å²) in [6, 6.07) is 16.4. The largest absolute Gasteiger partial charge is 0.492 e. The van der Waals surface area contributed by atoms with Crippen LogP contribution in [-0.4, -0.2) is 115 Å². The standard InChI is InChI=1S/C47H53F9N4O8/c48-45(49,50)42(39(62)63,34-10-13-57-25-34)22-30-5-1-4-29(18-30)21-38(61)60(28-33-8-2-6-31(19-33)23-43(40(64)65,46(51,52)53)35-11-14-58-26-35)16-17-68-37-9-3-7-32(20-37)24-44(41(66)67,47(54,55)56)36-12-15-59-27-36/h1-9,18-20,34-36,57-59H,10-17,21-28H2,(H,62,63)(H,64,65)(H,66,67). The van der Waals surface area contributed by atoms with E-state index in [1.165, 1.54) is 77.7 Å². The van der Waals surface area contributed by atoms with E-state index in [1.54, 1.807) is 0 Å². The smallest absolute Gasteiger partial charge is 0.405 e. The number of ether oxygens (including phenoxy) is 1. The van der Waals surface area contributed by atoms with Gasteiger partial charge in [-0.3, -0.25) is 19.2 Å². The molecule has 0 saturated carbocycles. The van der Waals surface area contributed by atoms with Gasteiger partial charge in [0.2, 0.25) is 5.91 Å². The van der Waals surface area contributed by atoms with Crippen molar-refractivity contribution in [2.24, 2.45) is 34.0 Å². The fourth-order valence-electron chi connectivity index (χ4n) is 10.2. The average molecular weight is 973 g/mol. The van der Waals surface area contributed by atoms with Gasteiger partial charge in [0.15, 0.2) is 16.2 Å². The zero-order valence-electron chi connectivity index (χ0n) is 36.7. The maximum Gasteiger partial charge on any atom is 0.405 e. The number of hydrogen-bond donors (Lipinski definition) is 6. The summed E-state index contributed by atoms with van der Waals surface area (Å²) in [5.41, 5.74) is -8.91. The number of amides is 1. The Balaban J connectivity index is 1.27. The highest BCUT2D eigenvalue weighted by molar-refractivity contribution is 5.80. The molecular formula is C47H53F9N4O8. The van der Waals surface area contributed by atoms with E-state index in [9.17, 15) is 74.0 Å². The van der Waals surface area contributed by atoms with Gasteiger partial charge in [0.1, 0.15) is 12.4 Å². The number of benzene rings is 3. The molecule has 3 aliphatic rings. The van der Waals surface area contributed by atoms with Crippen LogP contribution in [-0.2, 0) is 51.4 Å². The van der Waals surface area contributed by atoms with Crippen LogP contribution in [0.5, 0.6) is 5.75 Å². The van der Waals surface area contributed by atoms with E-state index in [0.717, 1.165) is 0 Å². The maximum absolute atomic E-state index is 14.8. The molecular weight excluding hydrogens is 920 g/mol. The van der Waals surface area contributed by atoms with Crippen molar-refractivity contribution in [2.75, 3.05) is 52.4 Å². The summed E-state index contributed by atoms with van der Waals surface area (Å²) in [5, 5.41) is 38.6. The van der Waals surface area contributed by atoms with Crippen LogP contribution in [0.25, 0.3) is 0 Å². The molecule has 6 unspecified atom stereocenters. The number of rotatable bonds is 20. The third-order valence-electron chi connectivity index (χ3n) is 14.0. The highest BCUT2D eigenvalue weighted by Crippen LogP contribution is 2.52. The molecule has 3 aliphatic heterocycles. The number of carbonyl (C=O) groups excluding carboxylic acids is 1. The summed E-state index contributed by atoms with van der Waals surface area (Å²) in [7, 11) is 0. The summed E-state index contributed by atoms with van der Waals surface area (Å²) in [6.07, 6.45) is -18.7. The van der Waals surface area contributed by atoms with E-state index >= 15 is 0 Å². The van der Waals surface area contributed by atoms with Gasteiger partial charge in [0.05, 0.1) is 13.0 Å². The SMILES string of the molecule is O=C(Cc1cccc(CC(C(=O)O)(C2CCNC2)C(F)(F)F)c1)N(CCOc1cccc(CC(C(=O)O)(C2CCNC2)C(F)(F)F)c1)Cc1cccc(CC(C(=O)O)(C2CCNC2)C(F)(F)F)c1. The van der Waals surface area contributed by atoms with Crippen LogP contribution in [0.3, 0.4) is 0 Å². The molecule has 0 bridgehead atoms. The molecule has 1 amide bonds. The first-order valence-corrected chi connectivity index (χ1v) is 22.1. The first kappa shape index (κ1) is 52.0. The van der Waals surface area contributed by atoms with E-state index in [2.05, 4.69) is 16.0 Å². The van der Waals surface area contributed by atoms with Crippen molar-refractivity contribution in [3.8, 4) is 5.75 Å². The number of nitrogens with zero attached hydrogens (tertiary/aromatic N) is 1. The molecule has 21 heteroatoms. The normalized spacial score (nSPS) is 21.6. The monoisotopic (exact) mass is 972 g/mol. The Hall–Kier alpha value is -5.41. The second-order valence-electron chi connectivity index (χ2n) is 18.1. The quantitative estimate of drug-likeness (QED) is 0.0666. The van der Waals surface area contributed by atoms with Gasteiger partial charge >= 0.3 is 36.4 Å². The van der Waals surface area contributed by atoms with Crippen LogP contribution in [0.1, 0.15) is 47.1 Å². The summed E-state index contributed by atoms with van der Waals surface area (Å²) in [5.74, 6) is -10.6. The van der Waals surface area contributed by atoms with Gasteiger partial charge in [-0.25, -0.2) is 0 Å². The molecule has 6 atom stereocenters. The molecule has 372 valence electrons. The summed E-state index contributed by atoms with van der Waals surface area (Å²) in [6.45, 7) is -0.787. The predicted octanol–water partition coefficient (Wildman–Crippen LogP) is 6.69. The van der Waals surface area contributed by atoms with E-state index in [0.29, 0.717) is 0 Å². The number of alkyl halides is 9. The molecule has 3 aromatic rings. The van der Waals surface area contributed by atoms with Gasteiger partial charge in [0.25, 0.3) is 0 Å². The number of nitrogens with one attached hydrogen (secondary N) is 3. The van der Waals surface area contributed by atoms with Gasteiger partial charge in [0, 0.05) is 6.54 Å². The van der Waals surface area contributed by atoms with Crippen molar-refractivity contribution >= 4 is 23.8 Å². The van der Waals surface area contributed by atoms with Crippen molar-refractivity contribution < 1.29 is 78.7 Å². The molecule has 3 fully saturated rings. The lowest BCUT2D eigenvalue weighted by Gasteiger charge is -2.36. The van der Waals surface area contributed by atoms with Gasteiger partial charge in [-0.2, -0.15) is 39.5 Å². The van der Waals surface area contributed by atoms with Gasteiger partial charge in [-0.05, 0) is 135 Å². The van der Waals surface area contributed by atoms with Gasteiger partial charge in [-0.15, -0.1) is 0 Å². The number of carboxylic acid groups (broad SMARTS) is 3. The van der Waals surface area contributed by atoms with Crippen LogP contribution in [0.15, 0.2) is 72.8 Å². The topological polar surface area (TPSA) is 178 Å². The number of carboxylic acids is 3. The molecule has 6 rings (SSSR count). The van der Waals surface area contributed by atoms with E-state index in [-0.39, 0.29) is 112 Å². The van der Waals surface area contributed by atoms with E-state index in [4.69, 9.17) is 4.74 Å². The van der Waals surface area contributed by atoms with Crippen molar-refractivity contribution in [3.05, 3.63) is 101 Å². The van der Waals surface area contributed by atoms with E-state index < -0.39 is 102 Å². The van der Waals surface area contributed by atoms with Crippen LogP contribution in [0.2, 0.25) is 0 Å². The Morgan fingerprint density at radius 1 is 0.544 bits per heavy atom.